The maximum absolute atomic E-state index is 6.17. The van der Waals surface area contributed by atoms with Crippen molar-refractivity contribution in [3.8, 4) is 18.1 Å². The fourth-order valence-electron chi connectivity index (χ4n) is 2.94. The Bertz CT molecular complexity index is 1200. The van der Waals surface area contributed by atoms with E-state index in [2.05, 4.69) is 43.9 Å². The number of aromatic nitrogens is 1. The number of pyridine rings is 1. The zero-order valence-corrected chi connectivity index (χ0v) is 25.2. The number of hydrazone groups is 1. The molecule has 0 saturated heterocycles. The lowest BCUT2D eigenvalue weighted by Crippen LogP contribution is -2.16. The van der Waals surface area contributed by atoms with Gasteiger partial charge in [-0.1, -0.05) is 31.9 Å². The Morgan fingerprint density at radius 1 is 1.29 bits per heavy atom. The molecular formula is C29H38BrClN6O. The number of nitrogens with zero attached hydrogens (tertiary/aromatic N) is 4. The first-order chi connectivity index (χ1) is 18.2. The molecule has 0 spiro atoms. The quantitative estimate of drug-likeness (QED) is 0.154. The van der Waals surface area contributed by atoms with Crippen LogP contribution in [0.5, 0.6) is 5.75 Å². The van der Waals surface area contributed by atoms with E-state index in [1.54, 1.807) is 6.21 Å². The van der Waals surface area contributed by atoms with Gasteiger partial charge in [0.2, 0.25) is 0 Å². The van der Waals surface area contributed by atoms with Crippen molar-refractivity contribution in [2.75, 3.05) is 13.1 Å². The topological polar surface area (TPSA) is 102 Å². The third kappa shape index (κ3) is 11.5. The standard InChI is InChI=1S/C21H21BrClN5O.C4H11N.C4H6/c1-4-25-28-9-7-16(8-10-28)29-18-6-5-15(11-13(18)2)26-21(24)19-14(3)12-17(22)20(23)27-19;1-2-3-4-5;1-3-4-2/h4-9,11-12H,10H2,1-3H3,(H2,24,26);2-5H2,1H3;1H,4H2,2H3/b25-4-;;. The summed E-state index contributed by atoms with van der Waals surface area (Å²) in [5.41, 5.74) is 14.4. The molecule has 0 saturated carbocycles. The lowest BCUT2D eigenvalue weighted by atomic mass is 10.2. The third-order valence-electron chi connectivity index (χ3n) is 4.92. The van der Waals surface area contributed by atoms with E-state index < -0.39 is 0 Å². The van der Waals surface area contributed by atoms with E-state index in [9.17, 15) is 0 Å². The van der Waals surface area contributed by atoms with Gasteiger partial charge in [0, 0.05) is 18.8 Å². The monoisotopic (exact) mass is 600 g/mol. The number of allylic oxidation sites excluding steroid dienone is 1. The SMILES string of the molecule is C#CCC.C/C=N\N1C=CC(Oc2ccc(N=C(N)c3nc(Cl)c(Br)cc3C)cc2C)=CC1.CCCCN. The second-order valence-electron chi connectivity index (χ2n) is 8.09. The lowest BCUT2D eigenvalue weighted by Gasteiger charge is -2.18. The Labute approximate surface area is 240 Å². The van der Waals surface area contributed by atoms with Crippen molar-refractivity contribution in [1.29, 1.82) is 0 Å². The number of unbranched alkanes of at least 4 members (excludes halogenated alkanes) is 1. The van der Waals surface area contributed by atoms with Gasteiger partial charge in [-0.05, 0) is 97.2 Å². The summed E-state index contributed by atoms with van der Waals surface area (Å²) in [6.07, 6.45) is 15.5. The summed E-state index contributed by atoms with van der Waals surface area (Å²) in [6, 6.07) is 7.51. The van der Waals surface area contributed by atoms with E-state index in [0.29, 0.717) is 28.9 Å². The van der Waals surface area contributed by atoms with Gasteiger partial charge in [-0.2, -0.15) is 5.10 Å². The number of halogens is 2. The van der Waals surface area contributed by atoms with Crippen molar-refractivity contribution in [1.82, 2.24) is 9.99 Å². The summed E-state index contributed by atoms with van der Waals surface area (Å²) in [5, 5.41) is 6.37. The zero-order chi connectivity index (χ0) is 28.5. The van der Waals surface area contributed by atoms with Crippen molar-refractivity contribution in [3.63, 3.8) is 0 Å². The summed E-state index contributed by atoms with van der Waals surface area (Å²) in [4.78, 5) is 8.81. The minimum Gasteiger partial charge on any atom is -0.457 e. The van der Waals surface area contributed by atoms with E-state index in [1.165, 1.54) is 12.8 Å². The van der Waals surface area contributed by atoms with Gasteiger partial charge in [0.15, 0.2) is 0 Å². The zero-order valence-electron chi connectivity index (χ0n) is 22.8. The maximum Gasteiger partial charge on any atom is 0.150 e. The minimum atomic E-state index is 0.305. The van der Waals surface area contributed by atoms with Crippen LogP contribution in [0.1, 0.15) is 56.9 Å². The first-order valence-electron chi connectivity index (χ1n) is 12.4. The number of nitrogens with two attached hydrogens (primary N) is 2. The molecule has 4 N–H and O–H groups in total. The minimum absolute atomic E-state index is 0.305. The Morgan fingerprint density at radius 2 is 2.00 bits per heavy atom. The first-order valence-corrected chi connectivity index (χ1v) is 13.6. The first kappa shape index (κ1) is 32.9. The number of hydrogen-bond acceptors (Lipinski definition) is 6. The van der Waals surface area contributed by atoms with Crippen molar-refractivity contribution < 1.29 is 4.74 Å². The highest BCUT2D eigenvalue weighted by atomic mass is 79.9. The van der Waals surface area contributed by atoms with E-state index in [-0.39, 0.29) is 0 Å². The Kier molecular flexibility index (Phi) is 15.7. The van der Waals surface area contributed by atoms with Crippen LogP contribution in [0.4, 0.5) is 5.69 Å². The normalized spacial score (nSPS) is 12.7. The van der Waals surface area contributed by atoms with Crippen LogP contribution < -0.4 is 16.2 Å². The Morgan fingerprint density at radius 3 is 2.50 bits per heavy atom. The molecule has 2 heterocycles. The van der Waals surface area contributed by atoms with Crippen LogP contribution >= 0.6 is 27.5 Å². The number of amidine groups is 1. The number of rotatable bonds is 7. The Hall–Kier alpha value is -3.12. The highest BCUT2D eigenvalue weighted by Crippen LogP contribution is 2.27. The van der Waals surface area contributed by atoms with Gasteiger partial charge in [0.05, 0.1) is 16.7 Å². The second kappa shape index (κ2) is 18.2. The summed E-state index contributed by atoms with van der Waals surface area (Å²) in [6.45, 7) is 11.3. The van der Waals surface area contributed by atoms with E-state index in [4.69, 9.17) is 34.2 Å². The van der Waals surface area contributed by atoms with Crippen LogP contribution in [-0.4, -0.2) is 35.1 Å². The molecule has 1 aliphatic rings. The molecule has 1 aliphatic heterocycles. The fraction of sp³-hybridized carbons (Fsp3) is 0.345. The summed E-state index contributed by atoms with van der Waals surface area (Å²) < 4.78 is 6.71. The molecule has 0 radical (unpaired) electrons. The average Bonchev–Trinajstić information content (AvgIpc) is 2.90. The van der Waals surface area contributed by atoms with Gasteiger partial charge in [-0.15, -0.1) is 12.3 Å². The smallest absolute Gasteiger partial charge is 0.150 e. The summed E-state index contributed by atoms with van der Waals surface area (Å²) in [7, 11) is 0. The molecular weight excluding hydrogens is 564 g/mol. The van der Waals surface area contributed by atoms with E-state index in [0.717, 1.165) is 40.1 Å². The Balaban J connectivity index is 0.000000694. The van der Waals surface area contributed by atoms with Crippen LogP contribution in [0, 0.1) is 26.2 Å². The molecule has 2 aromatic rings. The largest absolute Gasteiger partial charge is 0.457 e. The summed E-state index contributed by atoms with van der Waals surface area (Å²) >= 11 is 9.45. The molecule has 3 rings (SSSR count). The van der Waals surface area contributed by atoms with Crippen LogP contribution in [0.15, 0.2) is 62.9 Å². The summed E-state index contributed by atoms with van der Waals surface area (Å²) in [5.74, 6) is 4.27. The predicted molar refractivity (Wildman–Crippen MR) is 165 cm³/mol. The third-order valence-corrected chi connectivity index (χ3v) is 6.04. The van der Waals surface area contributed by atoms with Gasteiger partial charge in [0.1, 0.15) is 28.2 Å². The van der Waals surface area contributed by atoms with E-state index in [1.807, 2.05) is 75.3 Å². The molecule has 204 valence electrons. The number of aliphatic imine (C=N–C) groups is 1. The van der Waals surface area contributed by atoms with Gasteiger partial charge < -0.3 is 16.2 Å². The van der Waals surface area contributed by atoms with Gasteiger partial charge in [0.25, 0.3) is 0 Å². The van der Waals surface area contributed by atoms with Crippen LogP contribution in [0.2, 0.25) is 5.15 Å². The molecule has 0 bridgehead atoms. The molecule has 1 aromatic carbocycles. The fourth-order valence-corrected chi connectivity index (χ4v) is 3.51. The van der Waals surface area contributed by atoms with Crippen molar-refractivity contribution in [2.24, 2.45) is 21.6 Å². The number of ether oxygens (including phenoxy) is 1. The number of hydrogen-bond donors (Lipinski definition) is 2. The highest BCUT2D eigenvalue weighted by Gasteiger charge is 2.11. The van der Waals surface area contributed by atoms with Gasteiger partial charge in [-0.25, -0.2) is 9.98 Å². The number of terminal acetylenes is 1. The molecule has 0 amide bonds. The maximum atomic E-state index is 6.17. The van der Waals surface area contributed by atoms with E-state index >= 15 is 0 Å². The molecule has 38 heavy (non-hydrogen) atoms. The van der Waals surface area contributed by atoms with Crippen molar-refractivity contribution in [3.05, 3.63) is 74.8 Å². The van der Waals surface area contributed by atoms with Crippen LogP contribution in [0.25, 0.3) is 0 Å². The number of benzene rings is 1. The molecule has 0 fully saturated rings. The van der Waals surface area contributed by atoms with Gasteiger partial charge in [-0.3, -0.25) is 5.01 Å². The highest BCUT2D eigenvalue weighted by molar-refractivity contribution is 9.10. The number of aryl methyl sites for hydroxylation is 2. The molecule has 0 atom stereocenters. The van der Waals surface area contributed by atoms with Crippen LogP contribution in [0.3, 0.4) is 0 Å². The molecule has 0 aliphatic carbocycles. The van der Waals surface area contributed by atoms with Crippen molar-refractivity contribution >= 4 is 45.3 Å². The molecule has 9 heteroatoms. The lowest BCUT2D eigenvalue weighted by molar-refractivity contribution is 0.393. The van der Waals surface area contributed by atoms with Crippen molar-refractivity contribution in [2.45, 2.75) is 53.9 Å². The molecule has 1 aromatic heterocycles. The molecule has 7 nitrogen and oxygen atoms in total. The van der Waals surface area contributed by atoms with Gasteiger partial charge >= 0.3 is 0 Å². The second-order valence-corrected chi connectivity index (χ2v) is 9.31. The van der Waals surface area contributed by atoms with Crippen LogP contribution in [-0.2, 0) is 0 Å². The average molecular weight is 602 g/mol. The molecule has 0 unspecified atom stereocenters. The predicted octanol–water partition coefficient (Wildman–Crippen LogP) is 7.02.